The molecule has 0 aliphatic rings. The molecule has 0 bridgehead atoms. The molecule has 0 aliphatic heterocycles. The van der Waals surface area contributed by atoms with Crippen molar-refractivity contribution in [3.05, 3.63) is 34.3 Å². The highest BCUT2D eigenvalue weighted by atomic mass is 35.5. The maximum Gasteiger partial charge on any atom is 0.307 e. The van der Waals surface area contributed by atoms with E-state index in [4.69, 9.17) is 28.3 Å². The van der Waals surface area contributed by atoms with Gasteiger partial charge in [0, 0.05) is 10.9 Å². The van der Waals surface area contributed by atoms with E-state index in [0.717, 1.165) is 5.56 Å². The Hall–Kier alpha value is -0.730. The molecule has 0 saturated heterocycles. The zero-order valence-corrected chi connectivity index (χ0v) is 8.27. The number of carboxylic acids is 1. The molecule has 1 rings (SSSR count). The van der Waals surface area contributed by atoms with Crippen LogP contribution in [0.2, 0.25) is 5.02 Å². The van der Waals surface area contributed by atoms with Crippen molar-refractivity contribution in [1.82, 2.24) is 0 Å². The van der Waals surface area contributed by atoms with Crippen LogP contribution in [0, 0.1) is 0 Å². The molecule has 0 saturated carbocycles. The Bertz CT molecular complexity index is 323. The summed E-state index contributed by atoms with van der Waals surface area (Å²) in [6.07, 6.45) is -0.0391. The molecule has 4 heteroatoms. The average Bonchev–Trinajstić information content (AvgIpc) is 2.03. The third-order valence-corrected chi connectivity index (χ3v) is 2.18. The Kier molecular flexibility index (Phi) is 3.58. The van der Waals surface area contributed by atoms with Gasteiger partial charge in [0.1, 0.15) is 0 Å². The van der Waals surface area contributed by atoms with Gasteiger partial charge >= 0.3 is 5.97 Å². The lowest BCUT2D eigenvalue weighted by Crippen LogP contribution is -2.02. The molecule has 0 heterocycles. The molecular weight excluding hydrogens is 211 g/mol. The van der Waals surface area contributed by atoms with Crippen LogP contribution in [0.1, 0.15) is 11.1 Å². The zero-order valence-electron chi connectivity index (χ0n) is 6.76. The third kappa shape index (κ3) is 2.90. The number of carbonyl (C=O) groups is 1. The largest absolute Gasteiger partial charge is 0.481 e. The first-order chi connectivity index (χ1) is 6.13. The highest BCUT2D eigenvalue weighted by Crippen LogP contribution is 2.18. The third-order valence-electron chi connectivity index (χ3n) is 1.65. The summed E-state index contributed by atoms with van der Waals surface area (Å²) in [6, 6.07) is 5.08. The van der Waals surface area contributed by atoms with Crippen molar-refractivity contribution in [2.75, 3.05) is 0 Å². The van der Waals surface area contributed by atoms with Crippen LogP contribution in [0.4, 0.5) is 0 Å². The molecule has 70 valence electrons. The summed E-state index contributed by atoms with van der Waals surface area (Å²) >= 11 is 11.4. The van der Waals surface area contributed by atoms with Gasteiger partial charge in [-0.3, -0.25) is 4.79 Å². The molecule has 0 aliphatic carbocycles. The number of alkyl halides is 1. The number of hydrogen-bond donors (Lipinski definition) is 1. The van der Waals surface area contributed by atoms with Crippen molar-refractivity contribution in [3.63, 3.8) is 0 Å². The monoisotopic (exact) mass is 218 g/mol. The second-order valence-corrected chi connectivity index (χ2v) is 3.32. The fraction of sp³-hybridized carbons (Fsp3) is 0.222. The molecule has 1 aromatic carbocycles. The second kappa shape index (κ2) is 4.49. The number of benzene rings is 1. The van der Waals surface area contributed by atoms with Gasteiger partial charge in [0.05, 0.1) is 6.42 Å². The minimum absolute atomic E-state index is 0.0391. The molecule has 0 fully saturated rings. The molecule has 0 aromatic heterocycles. The van der Waals surface area contributed by atoms with Crippen molar-refractivity contribution < 1.29 is 9.90 Å². The quantitative estimate of drug-likeness (QED) is 0.793. The first kappa shape index (κ1) is 10.4. The molecule has 13 heavy (non-hydrogen) atoms. The lowest BCUT2D eigenvalue weighted by atomic mass is 10.1. The minimum atomic E-state index is -0.881. The molecule has 1 N–H and O–H groups in total. The van der Waals surface area contributed by atoms with Gasteiger partial charge in [0.2, 0.25) is 0 Å². The molecule has 0 radical (unpaired) electrons. The van der Waals surface area contributed by atoms with Gasteiger partial charge in [-0.2, -0.15) is 0 Å². The highest BCUT2D eigenvalue weighted by molar-refractivity contribution is 6.30. The van der Waals surface area contributed by atoms with Gasteiger partial charge in [-0.25, -0.2) is 0 Å². The molecule has 2 nitrogen and oxygen atoms in total. The van der Waals surface area contributed by atoms with E-state index in [9.17, 15) is 4.79 Å². The summed E-state index contributed by atoms with van der Waals surface area (Å²) in [6.45, 7) is 0. The van der Waals surface area contributed by atoms with Crippen molar-refractivity contribution in [1.29, 1.82) is 0 Å². The van der Waals surface area contributed by atoms with Crippen LogP contribution in [0.15, 0.2) is 18.2 Å². The molecule has 0 spiro atoms. The first-order valence-corrected chi connectivity index (χ1v) is 4.60. The number of rotatable bonds is 3. The molecule has 1 aromatic rings. The number of aliphatic carboxylic acids is 1. The van der Waals surface area contributed by atoms with E-state index < -0.39 is 5.97 Å². The maximum absolute atomic E-state index is 10.5. The van der Waals surface area contributed by atoms with Crippen LogP contribution in [0.25, 0.3) is 0 Å². The molecule has 0 amide bonds. The fourth-order valence-corrected chi connectivity index (χ4v) is 1.51. The lowest BCUT2D eigenvalue weighted by molar-refractivity contribution is -0.136. The average molecular weight is 219 g/mol. The summed E-state index contributed by atoms with van der Waals surface area (Å²) < 4.78 is 0. The summed E-state index contributed by atoms with van der Waals surface area (Å²) in [5, 5.41) is 9.12. The van der Waals surface area contributed by atoms with Crippen molar-refractivity contribution in [2.45, 2.75) is 12.3 Å². The SMILES string of the molecule is O=C(O)Cc1cc(Cl)ccc1CCl. The number of hydrogen-bond acceptors (Lipinski definition) is 1. The van der Waals surface area contributed by atoms with Gasteiger partial charge in [-0.05, 0) is 23.3 Å². The van der Waals surface area contributed by atoms with Crippen molar-refractivity contribution >= 4 is 29.2 Å². The maximum atomic E-state index is 10.5. The topological polar surface area (TPSA) is 37.3 Å². The molecular formula is C9H8Cl2O2. The summed E-state index contributed by atoms with van der Waals surface area (Å²) in [5.41, 5.74) is 1.49. The fourth-order valence-electron chi connectivity index (χ4n) is 1.05. The van der Waals surface area contributed by atoms with E-state index in [0.29, 0.717) is 16.5 Å². The van der Waals surface area contributed by atoms with Crippen LogP contribution >= 0.6 is 23.2 Å². The Morgan fingerprint density at radius 2 is 2.08 bits per heavy atom. The highest BCUT2D eigenvalue weighted by Gasteiger charge is 2.06. The Labute approximate surface area is 86.1 Å². The van der Waals surface area contributed by atoms with Crippen molar-refractivity contribution in [2.24, 2.45) is 0 Å². The smallest absolute Gasteiger partial charge is 0.307 e. The van der Waals surface area contributed by atoms with Crippen molar-refractivity contribution in [3.8, 4) is 0 Å². The number of carboxylic acid groups (broad SMARTS) is 1. The predicted octanol–water partition coefficient (Wildman–Crippen LogP) is 2.71. The van der Waals surface area contributed by atoms with Gasteiger partial charge in [0.25, 0.3) is 0 Å². The van der Waals surface area contributed by atoms with Gasteiger partial charge in [-0.15, -0.1) is 11.6 Å². The van der Waals surface area contributed by atoms with Gasteiger partial charge in [0.15, 0.2) is 0 Å². The first-order valence-electron chi connectivity index (χ1n) is 3.68. The van der Waals surface area contributed by atoms with E-state index in [1.54, 1.807) is 18.2 Å². The van der Waals surface area contributed by atoms with E-state index in [1.165, 1.54) is 0 Å². The Balaban J connectivity index is 3.01. The zero-order chi connectivity index (χ0) is 9.84. The summed E-state index contributed by atoms with van der Waals surface area (Å²) in [4.78, 5) is 10.5. The second-order valence-electron chi connectivity index (χ2n) is 2.62. The minimum Gasteiger partial charge on any atom is -0.481 e. The summed E-state index contributed by atoms with van der Waals surface area (Å²) in [7, 11) is 0. The molecule has 0 atom stereocenters. The van der Waals surface area contributed by atoms with Crippen LogP contribution in [-0.4, -0.2) is 11.1 Å². The van der Waals surface area contributed by atoms with Crippen LogP contribution in [0.3, 0.4) is 0 Å². The Morgan fingerprint density at radius 3 is 2.62 bits per heavy atom. The standard InChI is InChI=1S/C9H8Cl2O2/c10-5-6-1-2-8(11)3-7(6)4-9(12)13/h1-3H,4-5H2,(H,12,13). The number of halogens is 2. The van der Waals surface area contributed by atoms with E-state index in [1.807, 2.05) is 0 Å². The van der Waals surface area contributed by atoms with Gasteiger partial charge < -0.3 is 5.11 Å². The van der Waals surface area contributed by atoms with Crippen LogP contribution < -0.4 is 0 Å². The normalized spacial score (nSPS) is 10.0. The van der Waals surface area contributed by atoms with Crippen LogP contribution in [-0.2, 0) is 17.1 Å². The molecule has 0 unspecified atom stereocenters. The van der Waals surface area contributed by atoms with E-state index in [-0.39, 0.29) is 6.42 Å². The van der Waals surface area contributed by atoms with E-state index in [2.05, 4.69) is 0 Å². The predicted molar refractivity (Wildman–Crippen MR) is 52.3 cm³/mol. The van der Waals surface area contributed by atoms with E-state index >= 15 is 0 Å². The van der Waals surface area contributed by atoms with Crippen LogP contribution in [0.5, 0.6) is 0 Å². The van der Waals surface area contributed by atoms with Gasteiger partial charge in [-0.1, -0.05) is 17.7 Å². The lowest BCUT2D eigenvalue weighted by Gasteiger charge is -2.04. The Morgan fingerprint density at radius 1 is 1.38 bits per heavy atom. The summed E-state index contributed by atoms with van der Waals surface area (Å²) in [5.74, 6) is -0.576.